The number of carbonyl (C=O) groups excluding carboxylic acids is 3. The van der Waals surface area contributed by atoms with Crippen molar-refractivity contribution >= 4 is 23.4 Å². The highest BCUT2D eigenvalue weighted by atomic mass is 16.5. The minimum atomic E-state index is -0.406. The molecule has 1 aliphatic heterocycles. The molecule has 0 saturated heterocycles. The van der Waals surface area contributed by atoms with Crippen LogP contribution in [0.5, 0.6) is 5.75 Å². The Labute approximate surface area is 174 Å². The van der Waals surface area contributed by atoms with Gasteiger partial charge in [-0.15, -0.1) is 0 Å². The first-order valence-electron chi connectivity index (χ1n) is 9.48. The smallest absolute Gasteiger partial charge is 0.263 e. The second kappa shape index (κ2) is 7.83. The molecule has 1 heterocycles. The van der Waals surface area contributed by atoms with Crippen LogP contribution in [0.4, 0.5) is 5.69 Å². The van der Waals surface area contributed by atoms with Gasteiger partial charge in [-0.25, -0.2) is 0 Å². The van der Waals surface area contributed by atoms with Gasteiger partial charge in [-0.1, -0.05) is 30.3 Å². The zero-order chi connectivity index (χ0) is 21.3. The first-order chi connectivity index (χ1) is 14.5. The lowest BCUT2D eigenvalue weighted by Crippen LogP contribution is -2.44. The molecule has 0 N–H and O–H groups in total. The number of nitrogens with zero attached hydrogens (tertiary/aromatic N) is 2. The third-order valence-electron chi connectivity index (χ3n) is 5.15. The lowest BCUT2D eigenvalue weighted by molar-refractivity contribution is 0.0650. The second-order valence-corrected chi connectivity index (χ2v) is 6.97. The topological polar surface area (TPSA) is 66.9 Å². The van der Waals surface area contributed by atoms with Crippen molar-refractivity contribution in [2.75, 3.05) is 18.7 Å². The molecule has 0 atom stereocenters. The van der Waals surface area contributed by atoms with E-state index in [2.05, 4.69) is 0 Å². The van der Waals surface area contributed by atoms with Crippen molar-refractivity contribution in [1.29, 1.82) is 0 Å². The number of hydrogen-bond acceptors (Lipinski definition) is 4. The lowest BCUT2D eigenvalue weighted by Gasteiger charge is -2.28. The number of amides is 3. The summed E-state index contributed by atoms with van der Waals surface area (Å²) < 4.78 is 5.16. The van der Waals surface area contributed by atoms with Gasteiger partial charge >= 0.3 is 0 Å². The van der Waals surface area contributed by atoms with Crippen molar-refractivity contribution in [3.8, 4) is 5.75 Å². The molecule has 0 aliphatic carbocycles. The van der Waals surface area contributed by atoms with Gasteiger partial charge in [0, 0.05) is 11.3 Å². The van der Waals surface area contributed by atoms with Gasteiger partial charge in [-0.3, -0.25) is 24.2 Å². The van der Waals surface area contributed by atoms with Crippen molar-refractivity contribution in [2.24, 2.45) is 0 Å². The van der Waals surface area contributed by atoms with Gasteiger partial charge in [0.25, 0.3) is 17.7 Å². The Morgan fingerprint density at radius 2 is 1.43 bits per heavy atom. The molecule has 0 saturated carbocycles. The number of carbonyl (C=O) groups is 3. The van der Waals surface area contributed by atoms with Crippen LogP contribution in [0.3, 0.4) is 0 Å². The number of aryl methyl sites for hydroxylation is 1. The van der Waals surface area contributed by atoms with Gasteiger partial charge in [0.05, 0.1) is 18.2 Å². The van der Waals surface area contributed by atoms with Crippen LogP contribution < -0.4 is 9.64 Å². The molecule has 6 heteroatoms. The summed E-state index contributed by atoms with van der Waals surface area (Å²) >= 11 is 0. The minimum absolute atomic E-state index is 0.179. The SMILES string of the molecule is COc1ccc(C(=O)N(CN2C(=O)c3ccccc3C2=O)c2ccccc2C)cc1. The van der Waals surface area contributed by atoms with E-state index in [1.807, 2.05) is 25.1 Å². The van der Waals surface area contributed by atoms with Crippen LogP contribution >= 0.6 is 0 Å². The lowest BCUT2D eigenvalue weighted by atomic mass is 10.1. The average Bonchev–Trinajstić information content (AvgIpc) is 3.02. The van der Waals surface area contributed by atoms with Crippen LogP contribution in [0.15, 0.2) is 72.8 Å². The van der Waals surface area contributed by atoms with E-state index in [4.69, 9.17) is 4.74 Å². The molecule has 3 amide bonds. The van der Waals surface area contributed by atoms with Crippen molar-refractivity contribution in [1.82, 2.24) is 4.90 Å². The summed E-state index contributed by atoms with van der Waals surface area (Å²) in [7, 11) is 1.55. The summed E-state index contributed by atoms with van der Waals surface area (Å²) in [6, 6.07) is 20.8. The summed E-state index contributed by atoms with van der Waals surface area (Å²) in [6.45, 7) is 1.70. The summed E-state index contributed by atoms with van der Waals surface area (Å²) in [4.78, 5) is 41.7. The Hall–Kier alpha value is -3.93. The molecular formula is C24H20N2O4. The Morgan fingerprint density at radius 1 is 0.867 bits per heavy atom. The molecule has 0 aromatic heterocycles. The Morgan fingerprint density at radius 3 is 2.00 bits per heavy atom. The molecule has 1 aliphatic rings. The third kappa shape index (κ3) is 3.33. The number of fused-ring (bicyclic) bond motifs is 1. The molecule has 30 heavy (non-hydrogen) atoms. The van der Waals surface area contributed by atoms with E-state index in [-0.39, 0.29) is 12.6 Å². The minimum Gasteiger partial charge on any atom is -0.497 e. The quantitative estimate of drug-likeness (QED) is 0.609. The highest BCUT2D eigenvalue weighted by molar-refractivity contribution is 6.22. The number of ether oxygens (including phenoxy) is 1. The van der Waals surface area contributed by atoms with E-state index in [1.54, 1.807) is 61.7 Å². The number of imide groups is 1. The average molecular weight is 400 g/mol. The molecule has 0 spiro atoms. The Balaban J connectivity index is 1.72. The normalized spacial score (nSPS) is 12.7. The number of anilines is 1. The van der Waals surface area contributed by atoms with E-state index in [1.165, 1.54) is 4.90 Å². The highest BCUT2D eigenvalue weighted by Gasteiger charge is 2.37. The predicted octanol–water partition coefficient (Wildman–Crippen LogP) is 3.90. The van der Waals surface area contributed by atoms with Crippen LogP contribution in [0.1, 0.15) is 36.6 Å². The molecule has 150 valence electrons. The van der Waals surface area contributed by atoms with Crippen LogP contribution in [0.2, 0.25) is 0 Å². The van der Waals surface area contributed by atoms with Crippen LogP contribution in [-0.2, 0) is 0 Å². The zero-order valence-corrected chi connectivity index (χ0v) is 16.7. The van der Waals surface area contributed by atoms with E-state index in [0.717, 1.165) is 10.5 Å². The largest absolute Gasteiger partial charge is 0.497 e. The predicted molar refractivity (Wildman–Crippen MR) is 113 cm³/mol. The van der Waals surface area contributed by atoms with Gasteiger partial charge < -0.3 is 4.74 Å². The maximum atomic E-state index is 13.4. The van der Waals surface area contributed by atoms with Crippen molar-refractivity contribution < 1.29 is 19.1 Å². The second-order valence-electron chi connectivity index (χ2n) is 6.97. The number of para-hydroxylation sites is 1. The first-order valence-corrected chi connectivity index (χ1v) is 9.48. The van der Waals surface area contributed by atoms with E-state index in [0.29, 0.717) is 28.1 Å². The zero-order valence-electron chi connectivity index (χ0n) is 16.7. The van der Waals surface area contributed by atoms with Crippen molar-refractivity contribution in [3.05, 3.63) is 95.1 Å². The fraction of sp³-hybridized carbons (Fsp3) is 0.125. The number of rotatable bonds is 5. The van der Waals surface area contributed by atoms with Crippen LogP contribution in [-0.4, -0.2) is 36.4 Å². The molecule has 6 nitrogen and oxygen atoms in total. The maximum absolute atomic E-state index is 13.4. The number of methoxy groups -OCH3 is 1. The molecule has 3 aromatic carbocycles. The maximum Gasteiger partial charge on any atom is 0.263 e. The molecule has 3 aromatic rings. The monoisotopic (exact) mass is 400 g/mol. The summed E-state index contributed by atoms with van der Waals surface area (Å²) in [5.74, 6) is -0.494. The number of benzene rings is 3. The molecule has 4 rings (SSSR count). The molecule has 0 fully saturated rings. The van der Waals surface area contributed by atoms with Gasteiger partial charge in [-0.05, 0) is 55.0 Å². The first kappa shape index (κ1) is 19.4. The summed E-state index contributed by atoms with van der Waals surface area (Å²) in [5, 5.41) is 0. The van der Waals surface area contributed by atoms with Crippen molar-refractivity contribution in [3.63, 3.8) is 0 Å². The van der Waals surface area contributed by atoms with Crippen LogP contribution in [0.25, 0.3) is 0 Å². The van der Waals surface area contributed by atoms with Gasteiger partial charge in [0.1, 0.15) is 12.4 Å². The van der Waals surface area contributed by atoms with Gasteiger partial charge in [0.15, 0.2) is 0 Å². The number of hydrogen-bond donors (Lipinski definition) is 0. The molecule has 0 unspecified atom stereocenters. The van der Waals surface area contributed by atoms with Crippen LogP contribution in [0, 0.1) is 6.92 Å². The summed E-state index contributed by atoms with van der Waals surface area (Å²) in [5.41, 5.74) is 2.62. The van der Waals surface area contributed by atoms with E-state index < -0.39 is 11.8 Å². The fourth-order valence-corrected chi connectivity index (χ4v) is 3.51. The molecule has 0 bridgehead atoms. The summed E-state index contributed by atoms with van der Waals surface area (Å²) in [6.07, 6.45) is 0. The van der Waals surface area contributed by atoms with E-state index >= 15 is 0 Å². The highest BCUT2D eigenvalue weighted by Crippen LogP contribution is 2.27. The standard InChI is InChI=1S/C24H20N2O4/c1-16-7-3-6-10-21(16)25(22(27)17-11-13-18(30-2)14-12-17)15-26-23(28)19-8-4-5-9-20(19)24(26)29/h3-14H,15H2,1-2H3. The molecule has 0 radical (unpaired) electrons. The fourth-order valence-electron chi connectivity index (χ4n) is 3.51. The Kier molecular flexibility index (Phi) is 5.06. The Bertz CT molecular complexity index is 1100. The van der Waals surface area contributed by atoms with Crippen molar-refractivity contribution in [2.45, 2.75) is 6.92 Å². The molecular weight excluding hydrogens is 380 g/mol. The van der Waals surface area contributed by atoms with Gasteiger partial charge in [-0.2, -0.15) is 0 Å². The van der Waals surface area contributed by atoms with E-state index in [9.17, 15) is 14.4 Å². The van der Waals surface area contributed by atoms with Gasteiger partial charge in [0.2, 0.25) is 0 Å². The third-order valence-corrected chi connectivity index (χ3v) is 5.15.